The van der Waals surface area contributed by atoms with E-state index in [0.29, 0.717) is 33.8 Å². The van der Waals surface area contributed by atoms with E-state index in [1.54, 1.807) is 37.3 Å². The standard InChI is InChI=1S/C19H16N6O3/c1-10-3-5-13(8-16(10)22-19(27)14-9-20-28-11(14)2)21-18(26)12-4-6-15-17(7-12)24-25-23-15/h3-9H,1-2H3,(H,21,26)(H,22,27)(H,23,24,25). The summed E-state index contributed by atoms with van der Waals surface area (Å²) in [5.74, 6) is -0.189. The van der Waals surface area contributed by atoms with Crippen LogP contribution >= 0.6 is 0 Å². The van der Waals surface area contributed by atoms with Crippen LogP contribution in [-0.4, -0.2) is 32.4 Å². The molecule has 0 fully saturated rings. The molecule has 4 aromatic rings. The maximum atomic E-state index is 12.6. The molecule has 4 rings (SSSR count). The summed E-state index contributed by atoms with van der Waals surface area (Å²) in [5, 5.41) is 19.6. The Bertz CT molecular complexity index is 1190. The van der Waals surface area contributed by atoms with Gasteiger partial charge in [0.1, 0.15) is 16.8 Å². The Balaban J connectivity index is 1.53. The van der Waals surface area contributed by atoms with Gasteiger partial charge >= 0.3 is 0 Å². The molecule has 0 spiro atoms. The van der Waals surface area contributed by atoms with E-state index in [2.05, 4.69) is 31.2 Å². The Morgan fingerprint density at radius 3 is 2.68 bits per heavy atom. The number of fused-ring (bicyclic) bond motifs is 1. The molecule has 0 unspecified atom stereocenters. The Labute approximate surface area is 159 Å². The van der Waals surface area contributed by atoms with Crippen molar-refractivity contribution in [3.05, 3.63) is 65.0 Å². The number of rotatable bonds is 4. The van der Waals surface area contributed by atoms with E-state index in [9.17, 15) is 9.59 Å². The first-order valence-electron chi connectivity index (χ1n) is 8.47. The third-order valence-corrected chi connectivity index (χ3v) is 4.33. The van der Waals surface area contributed by atoms with E-state index >= 15 is 0 Å². The van der Waals surface area contributed by atoms with Gasteiger partial charge < -0.3 is 15.2 Å². The average molecular weight is 376 g/mol. The molecule has 0 atom stereocenters. The molecule has 9 heteroatoms. The zero-order valence-electron chi connectivity index (χ0n) is 15.1. The van der Waals surface area contributed by atoms with E-state index in [1.165, 1.54) is 6.20 Å². The second-order valence-electron chi connectivity index (χ2n) is 6.28. The molecule has 0 aliphatic heterocycles. The average Bonchev–Trinajstić information content (AvgIpc) is 3.32. The van der Waals surface area contributed by atoms with Crippen molar-refractivity contribution in [3.63, 3.8) is 0 Å². The zero-order chi connectivity index (χ0) is 19.7. The van der Waals surface area contributed by atoms with E-state index in [0.717, 1.165) is 11.1 Å². The Morgan fingerprint density at radius 1 is 1.04 bits per heavy atom. The van der Waals surface area contributed by atoms with Crippen molar-refractivity contribution in [2.75, 3.05) is 10.6 Å². The van der Waals surface area contributed by atoms with Crippen molar-refractivity contribution in [3.8, 4) is 0 Å². The number of carbonyl (C=O) groups excluding carboxylic acids is 2. The SMILES string of the molecule is Cc1ccc(NC(=O)c2ccc3[nH]nnc3c2)cc1NC(=O)c1cnoc1C. The summed E-state index contributed by atoms with van der Waals surface area (Å²) in [6.45, 7) is 3.53. The van der Waals surface area contributed by atoms with Crippen LogP contribution in [0.2, 0.25) is 0 Å². The lowest BCUT2D eigenvalue weighted by molar-refractivity contribution is 0.101. The summed E-state index contributed by atoms with van der Waals surface area (Å²) >= 11 is 0. The number of aryl methyl sites for hydroxylation is 2. The summed E-state index contributed by atoms with van der Waals surface area (Å²) in [6, 6.07) is 10.4. The normalized spacial score (nSPS) is 10.8. The van der Waals surface area contributed by atoms with E-state index in [1.807, 2.05) is 13.0 Å². The molecule has 2 heterocycles. The van der Waals surface area contributed by atoms with Crippen molar-refractivity contribution < 1.29 is 14.1 Å². The largest absolute Gasteiger partial charge is 0.361 e. The molecule has 0 saturated heterocycles. The number of carbonyl (C=O) groups is 2. The summed E-state index contributed by atoms with van der Waals surface area (Å²) in [7, 11) is 0. The highest BCUT2D eigenvalue weighted by Crippen LogP contribution is 2.22. The molecule has 2 aromatic heterocycles. The van der Waals surface area contributed by atoms with Gasteiger partial charge in [0.25, 0.3) is 11.8 Å². The number of aromatic nitrogens is 4. The van der Waals surface area contributed by atoms with E-state index < -0.39 is 0 Å². The third-order valence-electron chi connectivity index (χ3n) is 4.33. The fourth-order valence-electron chi connectivity index (χ4n) is 2.73. The van der Waals surface area contributed by atoms with Gasteiger partial charge in [0.15, 0.2) is 0 Å². The molecule has 0 radical (unpaired) electrons. The van der Waals surface area contributed by atoms with Crippen molar-refractivity contribution in [2.24, 2.45) is 0 Å². The zero-order valence-corrected chi connectivity index (χ0v) is 15.1. The van der Waals surface area contributed by atoms with Gasteiger partial charge in [-0.15, -0.1) is 5.10 Å². The molecular formula is C19H16N6O3. The lowest BCUT2D eigenvalue weighted by atomic mass is 10.1. The smallest absolute Gasteiger partial charge is 0.260 e. The molecule has 3 N–H and O–H groups in total. The molecule has 28 heavy (non-hydrogen) atoms. The number of hydrogen-bond donors (Lipinski definition) is 3. The summed E-state index contributed by atoms with van der Waals surface area (Å²) in [4.78, 5) is 24.9. The predicted molar refractivity (Wildman–Crippen MR) is 102 cm³/mol. The molecule has 2 aromatic carbocycles. The van der Waals surface area contributed by atoms with Crippen LogP contribution < -0.4 is 10.6 Å². The molecule has 0 saturated carbocycles. The van der Waals surface area contributed by atoms with Crippen molar-refractivity contribution in [2.45, 2.75) is 13.8 Å². The van der Waals surface area contributed by atoms with Gasteiger partial charge in [-0.3, -0.25) is 14.7 Å². The predicted octanol–water partition coefficient (Wildman–Crippen LogP) is 3.07. The highest BCUT2D eigenvalue weighted by molar-refractivity contribution is 6.07. The second-order valence-corrected chi connectivity index (χ2v) is 6.28. The minimum absolute atomic E-state index is 0.291. The first-order chi connectivity index (χ1) is 13.5. The van der Waals surface area contributed by atoms with Crippen LogP contribution in [-0.2, 0) is 0 Å². The lowest BCUT2D eigenvalue weighted by Crippen LogP contribution is -2.15. The fraction of sp³-hybridized carbons (Fsp3) is 0.105. The maximum Gasteiger partial charge on any atom is 0.260 e. The minimum Gasteiger partial charge on any atom is -0.361 e. The first kappa shape index (κ1) is 17.4. The van der Waals surface area contributed by atoms with Crippen molar-refractivity contribution >= 4 is 34.2 Å². The molecule has 2 amide bonds. The van der Waals surface area contributed by atoms with Crippen LogP contribution in [0.4, 0.5) is 11.4 Å². The monoisotopic (exact) mass is 376 g/mol. The van der Waals surface area contributed by atoms with Gasteiger partial charge in [-0.1, -0.05) is 16.4 Å². The number of H-pyrrole nitrogens is 1. The highest BCUT2D eigenvalue weighted by Gasteiger charge is 2.15. The highest BCUT2D eigenvalue weighted by atomic mass is 16.5. The second kappa shape index (κ2) is 6.95. The van der Waals surface area contributed by atoms with Crippen LogP contribution in [0.1, 0.15) is 32.0 Å². The van der Waals surface area contributed by atoms with Gasteiger partial charge in [0.2, 0.25) is 0 Å². The van der Waals surface area contributed by atoms with Crippen LogP contribution in [0, 0.1) is 13.8 Å². The number of benzene rings is 2. The maximum absolute atomic E-state index is 12.6. The molecule has 0 aliphatic rings. The van der Waals surface area contributed by atoms with Crippen molar-refractivity contribution in [1.29, 1.82) is 0 Å². The number of nitrogens with one attached hydrogen (secondary N) is 3. The van der Waals surface area contributed by atoms with E-state index in [4.69, 9.17) is 4.52 Å². The van der Waals surface area contributed by atoms with Crippen LogP contribution in [0.25, 0.3) is 11.0 Å². The summed E-state index contributed by atoms with van der Waals surface area (Å²) < 4.78 is 4.92. The Kier molecular flexibility index (Phi) is 4.32. The van der Waals surface area contributed by atoms with Gasteiger partial charge in [0.05, 0.1) is 11.7 Å². The lowest BCUT2D eigenvalue weighted by Gasteiger charge is -2.11. The number of aromatic amines is 1. The molecule has 0 bridgehead atoms. The number of amides is 2. The first-order valence-corrected chi connectivity index (χ1v) is 8.47. The van der Waals surface area contributed by atoms with Crippen LogP contribution in [0.15, 0.2) is 47.1 Å². The number of hydrogen-bond acceptors (Lipinski definition) is 6. The van der Waals surface area contributed by atoms with E-state index in [-0.39, 0.29) is 11.8 Å². The topological polar surface area (TPSA) is 126 Å². The molecule has 140 valence electrons. The Hall–Kier alpha value is -4.01. The number of anilines is 2. The summed E-state index contributed by atoms with van der Waals surface area (Å²) in [5.41, 5.74) is 4.14. The Morgan fingerprint density at radius 2 is 1.89 bits per heavy atom. The van der Waals surface area contributed by atoms with Gasteiger partial charge in [-0.2, -0.15) is 0 Å². The van der Waals surface area contributed by atoms with Crippen LogP contribution in [0.3, 0.4) is 0 Å². The van der Waals surface area contributed by atoms with Crippen molar-refractivity contribution in [1.82, 2.24) is 20.6 Å². The molecular weight excluding hydrogens is 360 g/mol. The molecule has 0 aliphatic carbocycles. The number of nitrogens with zero attached hydrogens (tertiary/aromatic N) is 3. The van der Waals surface area contributed by atoms with Gasteiger partial charge in [-0.25, -0.2) is 0 Å². The van der Waals surface area contributed by atoms with Gasteiger partial charge in [-0.05, 0) is 49.7 Å². The summed E-state index contributed by atoms with van der Waals surface area (Å²) in [6.07, 6.45) is 1.37. The molecule has 9 nitrogen and oxygen atoms in total. The quantitative estimate of drug-likeness (QED) is 0.502. The fourth-order valence-corrected chi connectivity index (χ4v) is 2.73. The minimum atomic E-state index is -0.332. The van der Waals surface area contributed by atoms with Crippen LogP contribution in [0.5, 0.6) is 0 Å². The third kappa shape index (κ3) is 3.32. The van der Waals surface area contributed by atoms with Gasteiger partial charge in [0, 0.05) is 16.9 Å².